The molecular weight excluding hydrogens is 2370 g/mol. The van der Waals surface area contributed by atoms with Crippen LogP contribution in [0.25, 0.3) is 135 Å². The molecule has 0 N–H and O–H groups in total. The quantitative estimate of drug-likeness (QED) is 0.107. The fraction of sp³-hybridized carbons (Fsp3) is 0.0924. The van der Waals surface area contributed by atoms with Crippen LogP contribution in [0.5, 0.6) is 0 Å². The maximum Gasteiger partial charge on any atom is 0.0745 e. The Kier molecular flexibility index (Phi) is 34.3. The van der Waals surface area contributed by atoms with E-state index in [0.29, 0.717) is 39.2 Å². The third kappa shape index (κ3) is 31.4. The van der Waals surface area contributed by atoms with Gasteiger partial charge >= 0.3 is 0 Å². The Balaban J connectivity index is 0.000000190. The normalized spacial score (nSPS) is 12.1. The topological polar surface area (TPSA) is 155 Å². The van der Waals surface area contributed by atoms with Gasteiger partial charge in [-0.1, -0.05) is 101 Å². The van der Waals surface area contributed by atoms with Gasteiger partial charge in [0.2, 0.25) is 0 Å². The Hall–Kier alpha value is -13.8. The molecule has 20 aromatic rings. The fourth-order valence-corrected chi connectivity index (χ4v) is 12.8. The van der Waals surface area contributed by atoms with Gasteiger partial charge in [-0.15, -0.1) is 287 Å². The van der Waals surface area contributed by atoms with E-state index in [0.717, 1.165) is 152 Å². The largest absolute Gasteiger partial charge is 0.305 e. The zero-order valence-corrected chi connectivity index (χ0v) is 83.8. The molecule has 0 bridgehead atoms. The molecule has 16 heteroatoms. The smallest absolute Gasteiger partial charge is 0.0745 e. The molecule has 0 saturated heterocycles. The number of hydrogen-bond acceptors (Lipinski definition) is 12. The number of benzene rings is 8. The summed E-state index contributed by atoms with van der Waals surface area (Å²) in [5, 5.41) is 0. The minimum Gasteiger partial charge on any atom is -0.305 e. The molecule has 12 nitrogen and oxygen atoms in total. The second kappa shape index (κ2) is 55.0. The molecule has 0 amide bonds. The van der Waals surface area contributed by atoms with Crippen molar-refractivity contribution in [3.63, 3.8) is 0 Å². The van der Waals surface area contributed by atoms with Crippen molar-refractivity contribution in [3.8, 4) is 135 Å². The molecule has 135 heavy (non-hydrogen) atoms. The fourth-order valence-electron chi connectivity index (χ4n) is 12.8. The minimum atomic E-state index is -2.24. The number of rotatable bonds is 12. The van der Waals surface area contributed by atoms with Crippen LogP contribution >= 0.6 is 0 Å². The van der Waals surface area contributed by atoms with Crippen molar-refractivity contribution in [2.75, 3.05) is 0 Å². The summed E-state index contributed by atoms with van der Waals surface area (Å²) in [6, 6.07) is 126. The molecule has 12 heterocycles. The van der Waals surface area contributed by atoms with Crippen LogP contribution in [0.3, 0.4) is 0 Å². The third-order valence-electron chi connectivity index (χ3n) is 20.0. The molecule has 4 radical (unpaired) electrons. The molecule has 0 atom stereocenters. The molecule has 678 valence electrons. The first-order valence-corrected chi connectivity index (χ1v) is 41.8. The average molecular weight is 2480 g/mol. The molecule has 12 aromatic heterocycles. The van der Waals surface area contributed by atoms with Gasteiger partial charge in [0.1, 0.15) is 0 Å². The summed E-state index contributed by atoms with van der Waals surface area (Å²) in [4.78, 5) is 51.8. The van der Waals surface area contributed by atoms with Crippen molar-refractivity contribution >= 4 is 0 Å². The Labute approximate surface area is 870 Å². The molecule has 0 saturated carbocycles. The van der Waals surface area contributed by atoms with E-state index in [1.54, 1.807) is 101 Å². The van der Waals surface area contributed by atoms with Crippen LogP contribution in [-0.4, -0.2) is 59.8 Å². The van der Waals surface area contributed by atoms with E-state index in [2.05, 4.69) is 140 Å². The summed E-state index contributed by atoms with van der Waals surface area (Å²) < 4.78 is 112. The molecule has 20 rings (SSSR count). The first-order chi connectivity index (χ1) is 70.1. The summed E-state index contributed by atoms with van der Waals surface area (Å²) in [6.45, 7) is 0.616. The van der Waals surface area contributed by atoms with Crippen molar-refractivity contribution in [2.45, 2.75) is 75.8 Å². The van der Waals surface area contributed by atoms with Crippen molar-refractivity contribution in [2.24, 2.45) is 0 Å². The van der Waals surface area contributed by atoms with Crippen LogP contribution in [0, 0.1) is 124 Å². The maximum absolute atomic E-state index is 7.70. The second-order valence-corrected chi connectivity index (χ2v) is 29.4. The van der Waals surface area contributed by atoms with Gasteiger partial charge in [-0.05, 0) is 226 Å². The van der Waals surface area contributed by atoms with Gasteiger partial charge in [0.25, 0.3) is 0 Å². The molecule has 0 spiro atoms. The van der Waals surface area contributed by atoms with E-state index in [4.69, 9.17) is 20.6 Å². The Morgan fingerprint density at radius 2 is 0.452 bits per heavy atom. The zero-order chi connectivity index (χ0) is 104. The zero-order valence-electron chi connectivity index (χ0n) is 89.2. The van der Waals surface area contributed by atoms with Gasteiger partial charge in [0.15, 0.2) is 0 Å². The summed E-state index contributed by atoms with van der Waals surface area (Å²) in [6.07, 6.45) is 19.7. The Morgan fingerprint density at radius 1 is 0.178 bits per heavy atom. The molecule has 0 aliphatic carbocycles. The molecular formula is C119H98Ir4N12-8. The van der Waals surface area contributed by atoms with Crippen LogP contribution in [0.4, 0.5) is 0 Å². The monoisotopic (exact) mass is 2480 g/mol. The SMILES string of the molecule is Cc1cccnc1-c1ccc(-c2[c-]cccc2)nc1.Cc1cnc(-c2[c-]cccc2)cc1-c1ccccn1.[2H]C([2H])([2H])c1cnc(-c2[c-]cccc2)cc1-c1ccccn1.[2H]C([2H])([2H])c1cnc(-c2[c-]cccc2)cc1C.[2H]C([2H])([2H])c1cnc(-c2[c-]cccc2)cc1C.[2H]C([2H])([2H])c1cnc(-c2[c-]cccc2)cc1C.[2H]C([2H])([2H])c1cnc(-c2[c-]cccc2)cc1C.[Ir].[Ir].[Ir].[Ir].[c-]1ccccc1-c1cc(-c2ccccn2)ccn1. The summed E-state index contributed by atoms with van der Waals surface area (Å²) in [5.41, 5.74) is 27.6. The predicted molar refractivity (Wildman–Crippen MR) is 533 cm³/mol. The summed E-state index contributed by atoms with van der Waals surface area (Å²) in [7, 11) is 0. The Bertz CT molecular complexity index is 7100. The molecule has 0 aliphatic rings. The maximum atomic E-state index is 7.70. The van der Waals surface area contributed by atoms with E-state index in [9.17, 15) is 0 Å². The van der Waals surface area contributed by atoms with Crippen LogP contribution in [0.2, 0.25) is 0 Å². The van der Waals surface area contributed by atoms with Gasteiger partial charge in [-0.3, -0.25) is 19.9 Å². The van der Waals surface area contributed by atoms with Crippen LogP contribution in [0.15, 0.2) is 396 Å². The minimum absolute atomic E-state index is 0. The Morgan fingerprint density at radius 3 is 0.741 bits per heavy atom. The predicted octanol–water partition coefficient (Wildman–Crippen LogP) is 28.0. The number of nitrogens with zero attached hydrogens (tertiary/aromatic N) is 12. The first kappa shape index (κ1) is 84.2. The van der Waals surface area contributed by atoms with Gasteiger partial charge < -0.3 is 39.9 Å². The van der Waals surface area contributed by atoms with Crippen molar-refractivity contribution in [3.05, 3.63) is 506 Å². The van der Waals surface area contributed by atoms with E-state index < -0.39 is 34.3 Å². The van der Waals surface area contributed by atoms with E-state index >= 15 is 0 Å². The van der Waals surface area contributed by atoms with Gasteiger partial charge in [-0.25, -0.2) is 0 Å². The van der Waals surface area contributed by atoms with E-state index in [1.807, 2.05) is 273 Å². The van der Waals surface area contributed by atoms with E-state index in [1.165, 1.54) is 31.0 Å². The van der Waals surface area contributed by atoms with Crippen LogP contribution in [-0.2, 0) is 80.4 Å². The summed E-state index contributed by atoms with van der Waals surface area (Å²) >= 11 is 0. The molecule has 0 aliphatic heterocycles. The number of aryl methyl sites for hydroxylation is 11. The molecule has 0 unspecified atom stereocenters. The third-order valence-corrected chi connectivity index (χ3v) is 20.0. The number of hydrogen-bond donors (Lipinski definition) is 0. The first-order valence-electron chi connectivity index (χ1n) is 49.3. The van der Waals surface area contributed by atoms with Gasteiger partial charge in [-0.2, -0.15) is 0 Å². The van der Waals surface area contributed by atoms with Crippen LogP contribution in [0.1, 0.15) is 81.8 Å². The van der Waals surface area contributed by atoms with Crippen molar-refractivity contribution in [1.29, 1.82) is 0 Å². The number of aromatic nitrogens is 12. The summed E-state index contributed by atoms with van der Waals surface area (Å²) in [5.74, 6) is 0. The molecule has 8 aromatic carbocycles. The van der Waals surface area contributed by atoms with Crippen LogP contribution < -0.4 is 0 Å². The van der Waals surface area contributed by atoms with Gasteiger partial charge in [0.05, 0.1) is 22.8 Å². The van der Waals surface area contributed by atoms with Crippen molar-refractivity contribution < 1.29 is 101 Å². The number of pyridine rings is 12. The second-order valence-electron chi connectivity index (χ2n) is 29.4. The average Bonchev–Trinajstić information content (AvgIpc) is 0.798. The van der Waals surface area contributed by atoms with Gasteiger partial charge in [0, 0.05) is 181 Å². The van der Waals surface area contributed by atoms with E-state index in [-0.39, 0.29) is 86.0 Å². The van der Waals surface area contributed by atoms with Crippen molar-refractivity contribution in [1.82, 2.24) is 59.8 Å². The standard InChI is InChI=1S/3C17H13N2.C16H11N2.4C13H12N.4Ir/c1-13-6-5-11-18-17(13)15-9-10-16(19-12-15)14-7-3-2-4-8-14;2*1-13-12-19-17(14-7-3-2-4-8-14)11-15(13)16-9-5-6-10-18-16;1-2-6-13(7-3-1)16-12-14(9-11-18-16)15-8-4-5-10-17-15;4*1-10-8-13(14-9-11(10)2)12-6-4-3-5-7-12;;;;/h3*2-7,9-12H,1H3;1-6,8-12H;4*3-6,8-9H,1-2H3;;;;/q8*-1;;;;/i;1D3;;;4*2D3;;;;. The molecule has 0 fully saturated rings.